The number of halogens is 3. The number of hydrogen-bond donors (Lipinski definition) is 1. The monoisotopic (exact) mass is 458 g/mol. The molecule has 6 nitrogen and oxygen atoms in total. The molecule has 0 unspecified atom stereocenters. The molecule has 1 aliphatic heterocycles. The average molecular weight is 459 g/mol. The van der Waals surface area contributed by atoms with Crippen LogP contribution in [-0.2, 0) is 19.6 Å². The lowest BCUT2D eigenvalue weighted by atomic mass is 10.2. The molecule has 1 heterocycles. The highest BCUT2D eigenvalue weighted by atomic mass is 35.5. The Balaban J connectivity index is 1.76. The maximum atomic E-state index is 14.2. The molecule has 10 heteroatoms. The number of morpholine rings is 1. The smallest absolute Gasteiger partial charge is 0.248 e. The Labute approximate surface area is 177 Å². The van der Waals surface area contributed by atoms with Crippen LogP contribution in [0.25, 0.3) is 6.08 Å². The molecular weight excluding hydrogens is 442 g/mol. The van der Waals surface area contributed by atoms with Gasteiger partial charge in [-0.15, -0.1) is 0 Å². The Kier molecular flexibility index (Phi) is 6.92. The molecule has 1 fully saturated rings. The zero-order valence-electron chi connectivity index (χ0n) is 15.1. The van der Waals surface area contributed by atoms with Crippen molar-refractivity contribution in [2.24, 2.45) is 0 Å². The first-order chi connectivity index (χ1) is 13.8. The van der Waals surface area contributed by atoms with Crippen molar-refractivity contribution in [3.8, 4) is 0 Å². The molecular formula is C19H17Cl2FN2O4S. The van der Waals surface area contributed by atoms with Gasteiger partial charge in [0.15, 0.2) is 0 Å². The quantitative estimate of drug-likeness (QED) is 0.691. The Bertz CT molecular complexity index is 1050. The largest absolute Gasteiger partial charge is 0.379 e. The predicted octanol–water partition coefficient (Wildman–Crippen LogP) is 3.81. The minimum absolute atomic E-state index is 0.144. The molecule has 0 atom stereocenters. The van der Waals surface area contributed by atoms with Crippen LogP contribution in [0, 0.1) is 5.82 Å². The normalized spacial score (nSPS) is 15.6. The van der Waals surface area contributed by atoms with Gasteiger partial charge in [-0.3, -0.25) is 4.79 Å². The maximum absolute atomic E-state index is 14.2. The molecule has 2 aromatic carbocycles. The number of carbonyl (C=O) groups is 1. The van der Waals surface area contributed by atoms with Crippen LogP contribution in [0.1, 0.15) is 5.56 Å². The van der Waals surface area contributed by atoms with Gasteiger partial charge in [0, 0.05) is 24.9 Å². The molecule has 0 aliphatic carbocycles. The summed E-state index contributed by atoms with van der Waals surface area (Å²) in [4.78, 5) is 11.7. The van der Waals surface area contributed by atoms with E-state index in [1.807, 2.05) is 0 Å². The van der Waals surface area contributed by atoms with Gasteiger partial charge in [-0.25, -0.2) is 12.8 Å². The third-order valence-corrected chi connectivity index (χ3v) is 6.81. The van der Waals surface area contributed by atoms with Crippen LogP contribution in [0.5, 0.6) is 0 Å². The van der Waals surface area contributed by atoms with Gasteiger partial charge in [-0.2, -0.15) is 4.31 Å². The second kappa shape index (κ2) is 9.23. The number of sulfonamides is 1. The minimum atomic E-state index is -4.03. The Hall–Kier alpha value is -1.97. The number of hydrogen-bond acceptors (Lipinski definition) is 4. The Morgan fingerprint density at radius 1 is 1.10 bits per heavy atom. The van der Waals surface area contributed by atoms with Gasteiger partial charge in [0.05, 0.1) is 23.3 Å². The van der Waals surface area contributed by atoms with Gasteiger partial charge in [-0.05, 0) is 42.0 Å². The van der Waals surface area contributed by atoms with Crippen LogP contribution in [0.3, 0.4) is 0 Å². The van der Waals surface area contributed by atoms with E-state index in [1.165, 1.54) is 18.2 Å². The molecule has 2 aromatic rings. The zero-order chi connectivity index (χ0) is 21.0. The summed E-state index contributed by atoms with van der Waals surface area (Å²) in [6, 6.07) is 8.28. The zero-order valence-corrected chi connectivity index (χ0v) is 17.4. The highest BCUT2D eigenvalue weighted by Gasteiger charge is 2.29. The molecule has 0 bridgehead atoms. The van der Waals surface area contributed by atoms with E-state index in [2.05, 4.69) is 5.32 Å². The number of anilines is 1. The second-order valence-electron chi connectivity index (χ2n) is 6.16. The third-order valence-electron chi connectivity index (χ3n) is 4.16. The van der Waals surface area contributed by atoms with Crippen LogP contribution in [0.2, 0.25) is 10.0 Å². The van der Waals surface area contributed by atoms with Crippen molar-refractivity contribution in [3.63, 3.8) is 0 Å². The summed E-state index contributed by atoms with van der Waals surface area (Å²) in [5.74, 6) is -1.40. The fraction of sp³-hybridized carbons (Fsp3) is 0.211. The van der Waals surface area contributed by atoms with E-state index in [0.29, 0.717) is 15.6 Å². The number of nitrogens with one attached hydrogen (secondary N) is 1. The number of carbonyl (C=O) groups excluding carboxylic acids is 1. The van der Waals surface area contributed by atoms with E-state index < -0.39 is 26.6 Å². The number of rotatable bonds is 5. The molecule has 1 saturated heterocycles. The topological polar surface area (TPSA) is 75.7 Å². The highest BCUT2D eigenvalue weighted by molar-refractivity contribution is 7.89. The molecule has 0 radical (unpaired) electrons. The summed E-state index contributed by atoms with van der Waals surface area (Å²) in [6.45, 7) is 0.781. The standard InChI is InChI=1S/C19H17Cl2FN2O4S/c20-15-4-1-13(11-16(15)21)2-6-19(25)23-14-3-5-17(22)18(12-14)29(26,27)24-7-9-28-10-8-24/h1-6,11-12H,7-10H2,(H,23,25)/b6-2+. The fourth-order valence-electron chi connectivity index (χ4n) is 2.68. The summed E-state index contributed by atoms with van der Waals surface area (Å²) < 4.78 is 45.9. The summed E-state index contributed by atoms with van der Waals surface area (Å²) in [7, 11) is -4.03. The summed E-state index contributed by atoms with van der Waals surface area (Å²) in [5, 5.41) is 3.27. The van der Waals surface area contributed by atoms with Crippen molar-refractivity contribution in [2.75, 3.05) is 31.6 Å². The first-order valence-corrected chi connectivity index (χ1v) is 10.8. The minimum Gasteiger partial charge on any atom is -0.379 e. The molecule has 0 aromatic heterocycles. The molecule has 1 amide bonds. The summed E-state index contributed by atoms with van der Waals surface area (Å²) >= 11 is 11.8. The number of nitrogens with zero attached hydrogens (tertiary/aromatic N) is 1. The van der Waals surface area contributed by atoms with E-state index in [4.69, 9.17) is 27.9 Å². The lowest BCUT2D eigenvalue weighted by Gasteiger charge is -2.26. The molecule has 29 heavy (non-hydrogen) atoms. The Morgan fingerprint density at radius 2 is 1.83 bits per heavy atom. The van der Waals surface area contributed by atoms with Gasteiger partial charge in [0.25, 0.3) is 0 Å². The molecule has 1 N–H and O–H groups in total. The number of amides is 1. The van der Waals surface area contributed by atoms with E-state index in [9.17, 15) is 17.6 Å². The van der Waals surface area contributed by atoms with Crippen LogP contribution < -0.4 is 5.32 Å². The highest BCUT2D eigenvalue weighted by Crippen LogP contribution is 2.25. The van der Waals surface area contributed by atoms with Crippen molar-refractivity contribution in [2.45, 2.75) is 4.90 Å². The van der Waals surface area contributed by atoms with Crippen LogP contribution in [0.15, 0.2) is 47.4 Å². The van der Waals surface area contributed by atoms with Crippen LogP contribution >= 0.6 is 23.2 Å². The van der Waals surface area contributed by atoms with E-state index >= 15 is 0 Å². The van der Waals surface area contributed by atoms with Gasteiger partial charge in [0.1, 0.15) is 10.7 Å². The first kappa shape index (κ1) is 21.7. The van der Waals surface area contributed by atoms with Gasteiger partial charge in [-0.1, -0.05) is 29.3 Å². The number of ether oxygens (including phenoxy) is 1. The van der Waals surface area contributed by atoms with Gasteiger partial charge in [0.2, 0.25) is 15.9 Å². The maximum Gasteiger partial charge on any atom is 0.248 e. The lowest BCUT2D eigenvalue weighted by molar-refractivity contribution is -0.111. The fourth-order valence-corrected chi connectivity index (χ4v) is 4.48. The molecule has 1 aliphatic rings. The van der Waals surface area contributed by atoms with Crippen molar-refractivity contribution < 1.29 is 22.3 Å². The van der Waals surface area contributed by atoms with Crippen LogP contribution in [0.4, 0.5) is 10.1 Å². The summed E-state index contributed by atoms with van der Waals surface area (Å²) in [6.07, 6.45) is 2.77. The lowest BCUT2D eigenvalue weighted by Crippen LogP contribution is -2.40. The first-order valence-electron chi connectivity index (χ1n) is 8.59. The van der Waals surface area contributed by atoms with Crippen molar-refractivity contribution in [1.29, 1.82) is 0 Å². The van der Waals surface area contributed by atoms with E-state index in [-0.39, 0.29) is 32.0 Å². The molecule has 3 rings (SSSR count). The third kappa shape index (κ3) is 5.34. The van der Waals surface area contributed by atoms with Crippen molar-refractivity contribution in [1.82, 2.24) is 4.31 Å². The van der Waals surface area contributed by atoms with Gasteiger partial charge >= 0.3 is 0 Å². The van der Waals surface area contributed by atoms with Gasteiger partial charge < -0.3 is 10.1 Å². The average Bonchev–Trinajstić information content (AvgIpc) is 2.71. The van der Waals surface area contributed by atoms with Crippen LogP contribution in [-0.4, -0.2) is 44.9 Å². The Morgan fingerprint density at radius 3 is 2.52 bits per heavy atom. The SMILES string of the molecule is O=C(/C=C/c1ccc(Cl)c(Cl)c1)Nc1ccc(F)c(S(=O)(=O)N2CCOCC2)c1. The molecule has 0 saturated carbocycles. The molecule has 154 valence electrons. The van der Waals surface area contributed by atoms with Crippen molar-refractivity contribution in [3.05, 3.63) is 63.9 Å². The van der Waals surface area contributed by atoms with Crippen molar-refractivity contribution >= 4 is 50.9 Å². The van der Waals surface area contributed by atoms with E-state index in [1.54, 1.807) is 18.2 Å². The second-order valence-corrected chi connectivity index (χ2v) is 8.88. The predicted molar refractivity (Wildman–Crippen MR) is 110 cm³/mol. The summed E-state index contributed by atoms with van der Waals surface area (Å²) in [5.41, 5.74) is 0.811. The number of benzene rings is 2. The van der Waals surface area contributed by atoms with E-state index in [0.717, 1.165) is 16.4 Å². The molecule has 0 spiro atoms.